The highest BCUT2D eigenvalue weighted by atomic mass is 32.2. The van der Waals surface area contributed by atoms with Crippen LogP contribution in [0, 0.1) is 13.8 Å². The van der Waals surface area contributed by atoms with E-state index in [1.54, 1.807) is 26.0 Å². The standard InChI is InChI=1S/C22H26N2O7S/c1-13-9-16(23-20(26)12-21(27)28)10-14(2)22(13)31-17-7-8-18(25)19(11-17)32(29,30)24-15-5-3-4-6-15/h7-11,15,24-25H,3-6,12H2,1-2H3,(H,23,26)(H,27,28). The highest BCUT2D eigenvalue weighted by Crippen LogP contribution is 2.35. The van der Waals surface area contributed by atoms with Gasteiger partial charge in [-0.15, -0.1) is 0 Å². The molecule has 1 aliphatic carbocycles. The quantitative estimate of drug-likeness (QED) is 0.440. The first kappa shape index (κ1) is 23.6. The summed E-state index contributed by atoms with van der Waals surface area (Å²) in [5, 5.41) is 21.4. The number of amides is 1. The molecule has 0 unspecified atom stereocenters. The zero-order valence-electron chi connectivity index (χ0n) is 17.8. The van der Waals surface area contributed by atoms with Crippen LogP contribution in [0.1, 0.15) is 43.2 Å². The van der Waals surface area contributed by atoms with Crippen molar-refractivity contribution in [3.63, 3.8) is 0 Å². The van der Waals surface area contributed by atoms with Gasteiger partial charge < -0.3 is 20.3 Å². The summed E-state index contributed by atoms with van der Waals surface area (Å²) in [6.07, 6.45) is 2.82. The number of carbonyl (C=O) groups is 2. The summed E-state index contributed by atoms with van der Waals surface area (Å²) in [7, 11) is -3.92. The molecule has 10 heteroatoms. The Labute approximate surface area is 186 Å². The minimum absolute atomic E-state index is 0.141. The Bertz CT molecular complexity index is 1120. The molecule has 2 aromatic carbocycles. The van der Waals surface area contributed by atoms with Crippen LogP contribution in [0.4, 0.5) is 5.69 Å². The Balaban J connectivity index is 1.82. The average molecular weight is 463 g/mol. The first-order valence-corrected chi connectivity index (χ1v) is 11.7. The number of nitrogens with one attached hydrogen (secondary N) is 2. The normalized spacial score (nSPS) is 14.3. The molecule has 1 saturated carbocycles. The third kappa shape index (κ3) is 5.77. The van der Waals surface area contributed by atoms with E-state index in [0.29, 0.717) is 22.6 Å². The Kier molecular flexibility index (Phi) is 7.05. The molecule has 9 nitrogen and oxygen atoms in total. The molecule has 0 heterocycles. The summed E-state index contributed by atoms with van der Waals surface area (Å²) >= 11 is 0. The topological polar surface area (TPSA) is 142 Å². The van der Waals surface area contributed by atoms with Crippen LogP contribution in [-0.2, 0) is 19.6 Å². The maximum Gasteiger partial charge on any atom is 0.312 e. The van der Waals surface area contributed by atoms with E-state index in [2.05, 4.69) is 10.0 Å². The lowest BCUT2D eigenvalue weighted by Gasteiger charge is -2.16. The lowest BCUT2D eigenvalue weighted by molar-refractivity contribution is -0.139. The molecule has 0 spiro atoms. The van der Waals surface area contributed by atoms with Gasteiger partial charge in [-0.05, 0) is 62.1 Å². The van der Waals surface area contributed by atoms with Crippen molar-refractivity contribution in [1.29, 1.82) is 0 Å². The first-order chi connectivity index (χ1) is 15.0. The van der Waals surface area contributed by atoms with Crippen molar-refractivity contribution in [2.75, 3.05) is 5.32 Å². The minimum Gasteiger partial charge on any atom is -0.507 e. The van der Waals surface area contributed by atoms with Gasteiger partial charge >= 0.3 is 5.97 Å². The third-order valence-electron chi connectivity index (χ3n) is 5.17. The number of hydrogen-bond acceptors (Lipinski definition) is 6. The number of phenols is 1. The van der Waals surface area contributed by atoms with E-state index in [-0.39, 0.29) is 22.4 Å². The van der Waals surface area contributed by atoms with Crippen LogP contribution in [0.2, 0.25) is 0 Å². The molecule has 2 aromatic rings. The highest BCUT2D eigenvalue weighted by molar-refractivity contribution is 7.89. The van der Waals surface area contributed by atoms with Gasteiger partial charge in [0.15, 0.2) is 0 Å². The summed E-state index contributed by atoms with van der Waals surface area (Å²) in [4.78, 5) is 22.1. The highest BCUT2D eigenvalue weighted by Gasteiger charge is 2.26. The molecule has 3 rings (SSSR count). The van der Waals surface area contributed by atoms with Crippen molar-refractivity contribution in [2.24, 2.45) is 0 Å². The molecule has 0 aliphatic heterocycles. The Morgan fingerprint density at radius 2 is 1.72 bits per heavy atom. The molecule has 0 atom stereocenters. The number of aliphatic carboxylic acids is 1. The van der Waals surface area contributed by atoms with Crippen molar-refractivity contribution < 1.29 is 33.0 Å². The number of carboxylic acid groups (broad SMARTS) is 1. The van der Waals surface area contributed by atoms with Crippen molar-refractivity contribution in [1.82, 2.24) is 4.72 Å². The maximum absolute atomic E-state index is 12.8. The van der Waals surface area contributed by atoms with Crippen LogP contribution in [0.5, 0.6) is 17.2 Å². The molecular formula is C22H26N2O7S. The number of phenolic OH excluding ortho intramolecular Hbond substituents is 1. The van der Waals surface area contributed by atoms with Gasteiger partial charge in [0.05, 0.1) is 0 Å². The van der Waals surface area contributed by atoms with Crippen LogP contribution in [-0.4, -0.2) is 36.5 Å². The number of anilines is 1. The van der Waals surface area contributed by atoms with Crippen LogP contribution in [0.3, 0.4) is 0 Å². The lowest BCUT2D eigenvalue weighted by atomic mass is 10.1. The fraction of sp³-hybridized carbons (Fsp3) is 0.364. The molecular weight excluding hydrogens is 436 g/mol. The van der Waals surface area contributed by atoms with Gasteiger partial charge in [-0.2, -0.15) is 0 Å². The van der Waals surface area contributed by atoms with E-state index in [4.69, 9.17) is 9.84 Å². The minimum atomic E-state index is -3.92. The van der Waals surface area contributed by atoms with Crippen LogP contribution < -0.4 is 14.8 Å². The average Bonchev–Trinajstić information content (AvgIpc) is 3.17. The molecule has 0 bridgehead atoms. The molecule has 4 N–H and O–H groups in total. The van der Waals surface area contributed by atoms with Crippen molar-refractivity contribution >= 4 is 27.6 Å². The first-order valence-electron chi connectivity index (χ1n) is 10.2. The van der Waals surface area contributed by atoms with Crippen molar-refractivity contribution in [3.05, 3.63) is 41.5 Å². The van der Waals surface area contributed by atoms with Gasteiger partial charge in [-0.1, -0.05) is 12.8 Å². The number of carbonyl (C=O) groups excluding carboxylic acids is 1. The molecule has 1 aliphatic rings. The van der Waals surface area contributed by atoms with Gasteiger partial charge in [0.2, 0.25) is 15.9 Å². The summed E-state index contributed by atoms with van der Waals surface area (Å²) < 4.78 is 34.1. The number of carboxylic acids is 1. The van der Waals surface area contributed by atoms with E-state index in [0.717, 1.165) is 25.7 Å². The van der Waals surface area contributed by atoms with Crippen molar-refractivity contribution in [2.45, 2.75) is 56.9 Å². The van der Waals surface area contributed by atoms with Crippen LogP contribution in [0.15, 0.2) is 35.2 Å². The van der Waals surface area contributed by atoms with Crippen molar-refractivity contribution in [3.8, 4) is 17.2 Å². The largest absolute Gasteiger partial charge is 0.507 e. The number of sulfonamides is 1. The molecule has 0 radical (unpaired) electrons. The molecule has 1 fully saturated rings. The van der Waals surface area contributed by atoms with Crippen LogP contribution in [0.25, 0.3) is 0 Å². The monoisotopic (exact) mass is 462 g/mol. The molecule has 0 aromatic heterocycles. The van der Waals surface area contributed by atoms with E-state index in [1.165, 1.54) is 18.2 Å². The predicted octanol–water partition coefficient (Wildman–Crippen LogP) is 3.44. The molecule has 32 heavy (non-hydrogen) atoms. The summed E-state index contributed by atoms with van der Waals surface area (Å²) in [6, 6.07) is 7.12. The summed E-state index contributed by atoms with van der Waals surface area (Å²) in [5.74, 6) is -1.56. The zero-order valence-corrected chi connectivity index (χ0v) is 18.7. The molecule has 0 saturated heterocycles. The van der Waals surface area contributed by atoms with Crippen LogP contribution >= 0.6 is 0 Å². The zero-order chi connectivity index (χ0) is 23.5. The van der Waals surface area contributed by atoms with E-state index < -0.39 is 28.3 Å². The Morgan fingerprint density at radius 3 is 2.31 bits per heavy atom. The van der Waals surface area contributed by atoms with Gasteiger partial charge in [0, 0.05) is 17.8 Å². The van der Waals surface area contributed by atoms with Gasteiger partial charge in [0.1, 0.15) is 28.6 Å². The van der Waals surface area contributed by atoms with E-state index in [1.807, 2.05) is 0 Å². The summed E-state index contributed by atoms with van der Waals surface area (Å²) in [6.45, 7) is 3.49. The number of aromatic hydroxyl groups is 1. The smallest absolute Gasteiger partial charge is 0.312 e. The van der Waals surface area contributed by atoms with E-state index in [9.17, 15) is 23.1 Å². The molecule has 1 amide bonds. The number of aryl methyl sites for hydroxylation is 2. The predicted molar refractivity (Wildman–Crippen MR) is 118 cm³/mol. The number of ether oxygens (including phenoxy) is 1. The maximum atomic E-state index is 12.8. The second-order valence-corrected chi connectivity index (χ2v) is 9.57. The Hall–Kier alpha value is -3.11. The van der Waals surface area contributed by atoms with Gasteiger partial charge in [0.25, 0.3) is 0 Å². The number of rotatable bonds is 8. The van der Waals surface area contributed by atoms with E-state index >= 15 is 0 Å². The summed E-state index contributed by atoms with van der Waals surface area (Å²) in [5.41, 5.74) is 1.72. The van der Waals surface area contributed by atoms with Gasteiger partial charge in [-0.25, -0.2) is 13.1 Å². The fourth-order valence-corrected chi connectivity index (χ4v) is 5.16. The SMILES string of the molecule is Cc1cc(NC(=O)CC(=O)O)cc(C)c1Oc1ccc(O)c(S(=O)(=O)NC2CCCC2)c1. The fourth-order valence-electron chi connectivity index (χ4n) is 3.74. The van der Waals surface area contributed by atoms with Gasteiger partial charge in [-0.3, -0.25) is 9.59 Å². The second-order valence-electron chi connectivity index (χ2n) is 7.89. The number of hydrogen-bond donors (Lipinski definition) is 4. The number of benzene rings is 2. The molecule has 172 valence electrons. The lowest BCUT2D eigenvalue weighted by Crippen LogP contribution is -2.32. The Morgan fingerprint density at radius 1 is 1.09 bits per heavy atom. The second kappa shape index (κ2) is 9.58. The third-order valence-corrected chi connectivity index (χ3v) is 6.72.